The van der Waals surface area contributed by atoms with Crippen LogP contribution in [-0.2, 0) is 18.9 Å². The van der Waals surface area contributed by atoms with Crippen molar-refractivity contribution in [2.45, 2.75) is 31.7 Å². The van der Waals surface area contributed by atoms with Gasteiger partial charge < -0.3 is 10.2 Å². The summed E-state index contributed by atoms with van der Waals surface area (Å²) in [5.74, 6) is -2.33. The zero-order chi connectivity index (χ0) is 9.47. The van der Waals surface area contributed by atoms with Gasteiger partial charge in [0.1, 0.15) is 5.76 Å². The van der Waals surface area contributed by atoms with Crippen molar-refractivity contribution in [2.24, 2.45) is 5.73 Å². The van der Waals surface area contributed by atoms with Gasteiger partial charge in [-0.15, -0.1) is 0 Å². The van der Waals surface area contributed by atoms with Crippen molar-refractivity contribution in [3.63, 3.8) is 0 Å². The lowest BCUT2D eigenvalue weighted by Crippen LogP contribution is -2.21. The molecule has 0 bridgehead atoms. The van der Waals surface area contributed by atoms with Crippen LogP contribution in [0.3, 0.4) is 0 Å². The smallest absolute Gasteiger partial charge is 0.276 e. The largest absolute Gasteiger partial charge is 0.468 e. The molecule has 0 atom stereocenters. The number of halogens is 2. The van der Waals surface area contributed by atoms with E-state index >= 15 is 0 Å². The van der Waals surface area contributed by atoms with Gasteiger partial charge in [0.15, 0.2) is 0 Å². The minimum atomic E-state index is -2.74. The van der Waals surface area contributed by atoms with E-state index in [9.17, 15) is 8.78 Å². The van der Waals surface area contributed by atoms with Gasteiger partial charge in [0.2, 0.25) is 0 Å². The van der Waals surface area contributed by atoms with Crippen LogP contribution in [0.4, 0.5) is 8.78 Å². The number of rotatable bonds is 1. The second-order valence-electron chi connectivity index (χ2n) is 3.32. The van der Waals surface area contributed by atoms with Crippen molar-refractivity contribution in [3.05, 3.63) is 23.2 Å². The monoisotopic (exact) mass is 187 g/mol. The summed E-state index contributed by atoms with van der Waals surface area (Å²) in [6.07, 6.45) is 2.35. The number of nitrogens with two attached hydrogens (primary N) is 1. The van der Waals surface area contributed by atoms with E-state index in [1.54, 1.807) is 0 Å². The van der Waals surface area contributed by atoms with Crippen LogP contribution in [0.15, 0.2) is 10.7 Å². The summed E-state index contributed by atoms with van der Waals surface area (Å²) >= 11 is 0. The fourth-order valence-electron chi connectivity index (χ4n) is 1.81. The summed E-state index contributed by atoms with van der Waals surface area (Å²) in [6.45, 7) is 0.119. The minimum Gasteiger partial charge on any atom is -0.468 e. The Balaban J connectivity index is 2.52. The number of hydrogen-bond acceptors (Lipinski definition) is 2. The second-order valence-corrected chi connectivity index (χ2v) is 3.32. The highest BCUT2D eigenvalue weighted by Crippen LogP contribution is 2.42. The van der Waals surface area contributed by atoms with Gasteiger partial charge >= 0.3 is 0 Å². The van der Waals surface area contributed by atoms with Gasteiger partial charge in [-0.05, 0) is 6.42 Å². The molecule has 0 radical (unpaired) electrons. The van der Waals surface area contributed by atoms with E-state index in [2.05, 4.69) is 0 Å². The molecular formula is C9H11F2NO. The van der Waals surface area contributed by atoms with Crippen LogP contribution in [0.2, 0.25) is 0 Å². The second kappa shape index (κ2) is 2.80. The van der Waals surface area contributed by atoms with Gasteiger partial charge in [-0.25, -0.2) is 8.78 Å². The average molecular weight is 187 g/mol. The highest BCUT2D eigenvalue weighted by Gasteiger charge is 2.40. The standard InChI is InChI=1S/C9H11F2NO/c10-9(11)3-1-2-7-8(9)6(4-12)5-13-7/h5H,1-4,12H2. The average Bonchev–Trinajstić information content (AvgIpc) is 2.48. The van der Waals surface area contributed by atoms with Gasteiger partial charge in [-0.1, -0.05) is 0 Å². The maximum atomic E-state index is 13.4. The number of hydrogen-bond donors (Lipinski definition) is 1. The van der Waals surface area contributed by atoms with Crippen LogP contribution in [0.5, 0.6) is 0 Å². The first-order valence-corrected chi connectivity index (χ1v) is 4.33. The van der Waals surface area contributed by atoms with Gasteiger partial charge in [-0.2, -0.15) is 0 Å². The van der Waals surface area contributed by atoms with Gasteiger partial charge in [-0.3, -0.25) is 0 Å². The third-order valence-corrected chi connectivity index (χ3v) is 2.42. The van der Waals surface area contributed by atoms with Crippen LogP contribution in [0, 0.1) is 0 Å². The zero-order valence-corrected chi connectivity index (χ0v) is 7.15. The van der Waals surface area contributed by atoms with E-state index in [0.29, 0.717) is 24.2 Å². The summed E-state index contributed by atoms with van der Waals surface area (Å²) < 4.78 is 31.8. The Morgan fingerprint density at radius 2 is 2.31 bits per heavy atom. The molecule has 0 amide bonds. The summed E-state index contributed by atoms with van der Waals surface area (Å²) in [4.78, 5) is 0. The minimum absolute atomic E-state index is 0.0428. The van der Waals surface area contributed by atoms with Crippen molar-refractivity contribution >= 4 is 0 Å². The quantitative estimate of drug-likeness (QED) is 0.731. The molecule has 72 valence electrons. The van der Waals surface area contributed by atoms with E-state index in [4.69, 9.17) is 10.2 Å². The highest BCUT2D eigenvalue weighted by atomic mass is 19.3. The van der Waals surface area contributed by atoms with E-state index < -0.39 is 5.92 Å². The Labute approximate surface area is 74.7 Å². The Kier molecular flexibility index (Phi) is 1.87. The number of furan rings is 1. The first-order chi connectivity index (χ1) is 6.15. The molecule has 1 aliphatic carbocycles. The van der Waals surface area contributed by atoms with Crippen LogP contribution < -0.4 is 5.73 Å². The van der Waals surface area contributed by atoms with Crippen molar-refractivity contribution < 1.29 is 13.2 Å². The fourth-order valence-corrected chi connectivity index (χ4v) is 1.81. The van der Waals surface area contributed by atoms with Crippen molar-refractivity contribution in [3.8, 4) is 0 Å². The molecule has 0 saturated carbocycles. The molecule has 0 spiro atoms. The van der Waals surface area contributed by atoms with E-state index in [1.165, 1.54) is 6.26 Å². The molecule has 4 heteroatoms. The Morgan fingerprint density at radius 1 is 1.54 bits per heavy atom. The predicted octanol–water partition coefficient (Wildman–Crippen LogP) is 2.17. The van der Waals surface area contributed by atoms with Crippen molar-refractivity contribution in [1.82, 2.24) is 0 Å². The maximum absolute atomic E-state index is 13.4. The molecule has 1 aromatic heterocycles. The summed E-state index contributed by atoms with van der Waals surface area (Å²) in [5.41, 5.74) is 5.83. The summed E-state index contributed by atoms with van der Waals surface area (Å²) in [5, 5.41) is 0. The topological polar surface area (TPSA) is 39.2 Å². The molecule has 0 fully saturated rings. The predicted molar refractivity (Wildman–Crippen MR) is 43.4 cm³/mol. The lowest BCUT2D eigenvalue weighted by Gasteiger charge is -2.21. The van der Waals surface area contributed by atoms with Gasteiger partial charge in [0.25, 0.3) is 5.92 Å². The third kappa shape index (κ3) is 1.25. The van der Waals surface area contributed by atoms with Crippen molar-refractivity contribution in [1.29, 1.82) is 0 Å². The normalized spacial score (nSPS) is 19.9. The molecular weight excluding hydrogens is 176 g/mol. The third-order valence-electron chi connectivity index (χ3n) is 2.42. The molecule has 0 unspecified atom stereocenters. The van der Waals surface area contributed by atoms with Crippen LogP contribution >= 0.6 is 0 Å². The number of fused-ring (bicyclic) bond motifs is 1. The number of alkyl halides is 2. The molecule has 13 heavy (non-hydrogen) atoms. The van der Waals surface area contributed by atoms with E-state index in [1.807, 2.05) is 0 Å². The molecule has 1 aromatic rings. The molecule has 2 nitrogen and oxygen atoms in total. The van der Waals surface area contributed by atoms with Gasteiger partial charge in [0, 0.05) is 24.9 Å². The molecule has 0 aliphatic heterocycles. The Hall–Kier alpha value is -0.900. The van der Waals surface area contributed by atoms with Crippen LogP contribution in [0.25, 0.3) is 0 Å². The lowest BCUT2D eigenvalue weighted by molar-refractivity contribution is -0.0243. The number of aryl methyl sites for hydroxylation is 1. The van der Waals surface area contributed by atoms with Crippen molar-refractivity contribution in [2.75, 3.05) is 0 Å². The highest BCUT2D eigenvalue weighted by molar-refractivity contribution is 5.34. The van der Waals surface area contributed by atoms with E-state index in [-0.39, 0.29) is 18.5 Å². The van der Waals surface area contributed by atoms with E-state index in [0.717, 1.165) is 0 Å². The first-order valence-electron chi connectivity index (χ1n) is 4.33. The zero-order valence-electron chi connectivity index (χ0n) is 7.15. The molecule has 0 aromatic carbocycles. The van der Waals surface area contributed by atoms with Crippen LogP contribution in [0.1, 0.15) is 29.7 Å². The molecule has 2 rings (SSSR count). The molecule has 0 saturated heterocycles. The Bertz CT molecular complexity index is 306. The SMILES string of the molecule is NCc1coc2c1C(F)(F)CCC2. The van der Waals surface area contributed by atoms with Gasteiger partial charge in [0.05, 0.1) is 11.8 Å². The Morgan fingerprint density at radius 3 is 3.00 bits per heavy atom. The molecule has 1 aliphatic rings. The molecule has 2 N–H and O–H groups in total. The molecule has 1 heterocycles. The van der Waals surface area contributed by atoms with Crippen LogP contribution in [-0.4, -0.2) is 0 Å². The summed E-state index contributed by atoms with van der Waals surface area (Å²) in [6, 6.07) is 0. The maximum Gasteiger partial charge on any atom is 0.276 e. The summed E-state index contributed by atoms with van der Waals surface area (Å²) in [7, 11) is 0. The fraction of sp³-hybridized carbons (Fsp3) is 0.556. The first kappa shape index (κ1) is 8.69. The lowest BCUT2D eigenvalue weighted by atomic mass is 9.92.